The van der Waals surface area contributed by atoms with Crippen LogP contribution in [0, 0.1) is 0 Å². The molecule has 0 aliphatic rings. The van der Waals surface area contributed by atoms with Gasteiger partial charge in [-0.1, -0.05) is 60.7 Å². The molecule has 0 bridgehead atoms. The Morgan fingerprint density at radius 1 is 0.920 bits per heavy atom. The fourth-order valence-electron chi connectivity index (χ4n) is 2.19. The quantitative estimate of drug-likeness (QED) is 0.731. The maximum atomic E-state index is 11.9. The van der Waals surface area contributed by atoms with Crippen LogP contribution in [0.25, 0.3) is 0 Å². The maximum Gasteiger partial charge on any atom is 0.407 e. The Hall–Kier alpha value is -2.86. The first-order chi connectivity index (χ1) is 12.1. The third kappa shape index (κ3) is 7.50. The zero-order chi connectivity index (χ0) is 17.9. The number of aliphatic carboxylic acids is 1. The number of amides is 1. The van der Waals surface area contributed by atoms with Crippen LogP contribution in [0.3, 0.4) is 0 Å². The number of carbonyl (C=O) groups excluding carboxylic acids is 1. The minimum Gasteiger partial charge on any atom is -0.481 e. The summed E-state index contributed by atoms with van der Waals surface area (Å²) < 4.78 is 10.6. The Balaban J connectivity index is 1.77. The Morgan fingerprint density at radius 2 is 1.48 bits per heavy atom. The minimum absolute atomic E-state index is 0.0850. The van der Waals surface area contributed by atoms with Crippen LogP contribution in [-0.2, 0) is 27.5 Å². The van der Waals surface area contributed by atoms with Crippen molar-refractivity contribution in [1.82, 2.24) is 5.32 Å². The van der Waals surface area contributed by atoms with Crippen molar-refractivity contribution in [2.75, 3.05) is 6.61 Å². The van der Waals surface area contributed by atoms with Gasteiger partial charge in [-0.25, -0.2) is 4.79 Å². The van der Waals surface area contributed by atoms with Gasteiger partial charge in [0.1, 0.15) is 6.61 Å². The van der Waals surface area contributed by atoms with E-state index in [1.54, 1.807) is 0 Å². The molecule has 2 N–H and O–H groups in total. The topological polar surface area (TPSA) is 84.9 Å². The van der Waals surface area contributed by atoms with Crippen LogP contribution in [0.15, 0.2) is 60.7 Å². The molecular formula is C19H21NO5. The zero-order valence-corrected chi connectivity index (χ0v) is 13.8. The monoisotopic (exact) mass is 343 g/mol. The van der Waals surface area contributed by atoms with Crippen LogP contribution in [0.1, 0.15) is 17.5 Å². The van der Waals surface area contributed by atoms with Gasteiger partial charge in [0, 0.05) is 0 Å². The fraction of sp³-hybridized carbons (Fsp3) is 0.263. The second kappa shape index (κ2) is 10.1. The number of hydrogen-bond donors (Lipinski definition) is 2. The first kappa shape index (κ1) is 18.5. The molecule has 2 aromatic rings. The number of nitrogens with one attached hydrogen (secondary N) is 1. The third-order valence-electron chi connectivity index (χ3n) is 3.39. The summed E-state index contributed by atoms with van der Waals surface area (Å²) in [5, 5.41) is 11.5. The molecule has 0 saturated carbocycles. The summed E-state index contributed by atoms with van der Waals surface area (Å²) in [7, 11) is 0. The molecule has 1 amide bonds. The molecule has 25 heavy (non-hydrogen) atoms. The molecule has 0 aromatic heterocycles. The highest BCUT2D eigenvalue weighted by Gasteiger charge is 2.17. The van der Waals surface area contributed by atoms with Crippen LogP contribution in [0.4, 0.5) is 4.79 Å². The molecule has 6 heteroatoms. The van der Waals surface area contributed by atoms with Gasteiger partial charge in [-0.05, 0) is 11.1 Å². The lowest BCUT2D eigenvalue weighted by Gasteiger charge is -2.17. The SMILES string of the molecule is O=C(O)C[C@@H](COCc1ccccc1)NC(=O)OCc1ccccc1. The van der Waals surface area contributed by atoms with Crippen molar-refractivity contribution in [2.45, 2.75) is 25.7 Å². The van der Waals surface area contributed by atoms with E-state index in [0.29, 0.717) is 6.61 Å². The molecule has 2 aromatic carbocycles. The third-order valence-corrected chi connectivity index (χ3v) is 3.39. The number of carboxylic acids is 1. The van der Waals surface area contributed by atoms with E-state index >= 15 is 0 Å². The molecule has 2 rings (SSSR count). The molecule has 0 fully saturated rings. The van der Waals surface area contributed by atoms with Crippen molar-refractivity contribution in [3.05, 3.63) is 71.8 Å². The van der Waals surface area contributed by atoms with Crippen molar-refractivity contribution < 1.29 is 24.2 Å². The average molecular weight is 343 g/mol. The highest BCUT2D eigenvalue weighted by molar-refractivity contribution is 5.71. The van der Waals surface area contributed by atoms with E-state index < -0.39 is 18.1 Å². The summed E-state index contributed by atoms with van der Waals surface area (Å²) in [4.78, 5) is 22.8. The van der Waals surface area contributed by atoms with Crippen molar-refractivity contribution in [3.63, 3.8) is 0 Å². The molecule has 132 valence electrons. The van der Waals surface area contributed by atoms with Gasteiger partial charge in [0.25, 0.3) is 0 Å². The molecule has 0 unspecified atom stereocenters. The number of hydrogen-bond acceptors (Lipinski definition) is 4. The number of carboxylic acid groups (broad SMARTS) is 1. The van der Waals surface area contributed by atoms with Crippen molar-refractivity contribution in [1.29, 1.82) is 0 Å². The Morgan fingerprint density at radius 3 is 2.04 bits per heavy atom. The van der Waals surface area contributed by atoms with E-state index in [1.807, 2.05) is 60.7 Å². The van der Waals surface area contributed by atoms with Crippen molar-refractivity contribution >= 4 is 12.1 Å². The zero-order valence-electron chi connectivity index (χ0n) is 13.8. The number of benzene rings is 2. The largest absolute Gasteiger partial charge is 0.481 e. The van der Waals surface area contributed by atoms with Gasteiger partial charge in [-0.2, -0.15) is 0 Å². The smallest absolute Gasteiger partial charge is 0.407 e. The van der Waals surface area contributed by atoms with Crippen molar-refractivity contribution in [3.8, 4) is 0 Å². The number of carbonyl (C=O) groups is 2. The van der Waals surface area contributed by atoms with E-state index in [9.17, 15) is 9.59 Å². The predicted molar refractivity (Wildman–Crippen MR) is 91.9 cm³/mol. The van der Waals surface area contributed by atoms with Crippen LogP contribution in [0.5, 0.6) is 0 Å². The predicted octanol–water partition coefficient (Wildman–Crippen LogP) is 2.97. The van der Waals surface area contributed by atoms with Gasteiger partial charge >= 0.3 is 12.1 Å². The lowest BCUT2D eigenvalue weighted by Crippen LogP contribution is -2.40. The van der Waals surface area contributed by atoms with Crippen LogP contribution < -0.4 is 5.32 Å². The summed E-state index contributed by atoms with van der Waals surface area (Å²) >= 11 is 0. The van der Waals surface area contributed by atoms with Crippen LogP contribution >= 0.6 is 0 Å². The van der Waals surface area contributed by atoms with Gasteiger partial charge in [0.15, 0.2) is 0 Å². The Kier molecular flexibility index (Phi) is 7.46. The average Bonchev–Trinajstić information content (AvgIpc) is 2.61. The normalized spacial score (nSPS) is 11.5. The lowest BCUT2D eigenvalue weighted by molar-refractivity contribution is -0.137. The van der Waals surface area contributed by atoms with Crippen molar-refractivity contribution in [2.24, 2.45) is 0 Å². The van der Waals surface area contributed by atoms with Gasteiger partial charge in [-0.15, -0.1) is 0 Å². The number of ether oxygens (including phenoxy) is 2. The summed E-state index contributed by atoms with van der Waals surface area (Å²) in [5.74, 6) is -1.02. The minimum atomic E-state index is -1.02. The highest BCUT2D eigenvalue weighted by atomic mass is 16.5. The standard InChI is InChI=1S/C19H21NO5/c21-18(22)11-17(14-24-12-15-7-3-1-4-8-15)20-19(23)25-13-16-9-5-2-6-10-16/h1-10,17H,11-14H2,(H,20,23)(H,21,22)/t17-/m0/s1. The highest BCUT2D eigenvalue weighted by Crippen LogP contribution is 2.04. The molecule has 1 atom stereocenters. The van der Waals surface area contributed by atoms with Gasteiger partial charge < -0.3 is 19.9 Å². The van der Waals surface area contributed by atoms with E-state index in [2.05, 4.69) is 5.32 Å². The Bertz CT molecular complexity index is 660. The molecule has 6 nitrogen and oxygen atoms in total. The van der Waals surface area contributed by atoms with E-state index in [-0.39, 0.29) is 19.6 Å². The fourth-order valence-corrected chi connectivity index (χ4v) is 2.19. The summed E-state index contributed by atoms with van der Waals surface area (Å²) in [6.07, 6.45) is -0.909. The van der Waals surface area contributed by atoms with E-state index in [0.717, 1.165) is 11.1 Å². The Labute approximate surface area is 146 Å². The molecule has 0 aliphatic carbocycles. The molecule has 0 spiro atoms. The molecular weight excluding hydrogens is 322 g/mol. The second-order valence-electron chi connectivity index (χ2n) is 5.50. The van der Waals surface area contributed by atoms with E-state index in [4.69, 9.17) is 14.6 Å². The molecule has 0 radical (unpaired) electrons. The summed E-state index contributed by atoms with van der Waals surface area (Å²) in [6.45, 7) is 0.552. The summed E-state index contributed by atoms with van der Waals surface area (Å²) in [6, 6.07) is 18.1. The first-order valence-electron chi connectivity index (χ1n) is 7.94. The molecule has 0 saturated heterocycles. The number of alkyl carbamates (subject to hydrolysis) is 1. The first-order valence-corrected chi connectivity index (χ1v) is 7.94. The summed E-state index contributed by atoms with van der Waals surface area (Å²) in [5.41, 5.74) is 1.83. The number of rotatable bonds is 9. The van der Waals surface area contributed by atoms with E-state index in [1.165, 1.54) is 0 Å². The van der Waals surface area contributed by atoms with Gasteiger partial charge in [-0.3, -0.25) is 4.79 Å². The van der Waals surface area contributed by atoms with Gasteiger partial charge in [0.2, 0.25) is 0 Å². The molecule has 0 aliphatic heterocycles. The van der Waals surface area contributed by atoms with Crippen LogP contribution in [-0.4, -0.2) is 29.8 Å². The van der Waals surface area contributed by atoms with Gasteiger partial charge in [0.05, 0.1) is 25.7 Å². The maximum absolute atomic E-state index is 11.9. The second-order valence-corrected chi connectivity index (χ2v) is 5.50. The van der Waals surface area contributed by atoms with Crippen LogP contribution in [0.2, 0.25) is 0 Å². The lowest BCUT2D eigenvalue weighted by atomic mass is 10.2. The molecule has 0 heterocycles.